The van der Waals surface area contributed by atoms with Crippen molar-refractivity contribution in [2.45, 2.75) is 0 Å². The highest BCUT2D eigenvalue weighted by Gasteiger charge is 2.12. The Kier molecular flexibility index (Phi) is 4.32. The van der Waals surface area contributed by atoms with E-state index in [1.54, 1.807) is 18.2 Å². The first-order valence-electron chi connectivity index (χ1n) is 6.78. The van der Waals surface area contributed by atoms with Gasteiger partial charge in [0.15, 0.2) is 0 Å². The van der Waals surface area contributed by atoms with Gasteiger partial charge in [0.2, 0.25) is 0 Å². The predicted octanol–water partition coefficient (Wildman–Crippen LogP) is 3.60. The maximum absolute atomic E-state index is 12.3. The van der Waals surface area contributed by atoms with Gasteiger partial charge in [-0.3, -0.25) is 9.79 Å². The Labute approximate surface area is 138 Å². The van der Waals surface area contributed by atoms with Gasteiger partial charge >= 0.3 is 0 Å². The van der Waals surface area contributed by atoms with Crippen LogP contribution < -0.4 is 10.6 Å². The summed E-state index contributed by atoms with van der Waals surface area (Å²) in [4.78, 5) is 16.7. The molecule has 4 nitrogen and oxygen atoms in total. The zero-order chi connectivity index (χ0) is 15.5. The molecule has 2 N–H and O–H groups in total. The normalized spacial score (nSPS) is 13.5. The Bertz CT molecular complexity index is 759. The van der Waals surface area contributed by atoms with Gasteiger partial charge in [-0.1, -0.05) is 35.3 Å². The minimum Gasteiger partial charge on any atom is -0.368 e. The summed E-state index contributed by atoms with van der Waals surface area (Å²) in [7, 11) is 0. The number of amides is 1. The lowest BCUT2D eigenvalue weighted by molar-refractivity contribution is 0.102. The second-order valence-electron chi connectivity index (χ2n) is 4.82. The van der Waals surface area contributed by atoms with Gasteiger partial charge in [0, 0.05) is 22.8 Å². The lowest BCUT2D eigenvalue weighted by atomic mass is 10.1. The fraction of sp³-hybridized carbons (Fsp3) is 0.125. The average Bonchev–Trinajstić information content (AvgIpc) is 3.01. The van der Waals surface area contributed by atoms with Crippen LogP contribution in [0, 0.1) is 0 Å². The lowest BCUT2D eigenvalue weighted by Gasteiger charge is -2.09. The molecule has 1 amide bonds. The monoisotopic (exact) mass is 333 g/mol. The van der Waals surface area contributed by atoms with Crippen molar-refractivity contribution >= 4 is 40.6 Å². The summed E-state index contributed by atoms with van der Waals surface area (Å²) in [6.07, 6.45) is 0. The third-order valence-corrected chi connectivity index (χ3v) is 3.79. The molecule has 0 saturated heterocycles. The van der Waals surface area contributed by atoms with Crippen LogP contribution in [0.25, 0.3) is 0 Å². The molecule has 0 spiro atoms. The van der Waals surface area contributed by atoms with Crippen LogP contribution in [0.1, 0.15) is 15.9 Å². The van der Waals surface area contributed by atoms with Crippen LogP contribution in [0.15, 0.2) is 47.5 Å². The summed E-state index contributed by atoms with van der Waals surface area (Å²) in [5, 5.41) is 6.85. The van der Waals surface area contributed by atoms with Crippen LogP contribution in [0.4, 0.5) is 5.69 Å². The summed E-state index contributed by atoms with van der Waals surface area (Å²) in [6, 6.07) is 12.3. The Morgan fingerprint density at radius 1 is 1.18 bits per heavy atom. The van der Waals surface area contributed by atoms with Gasteiger partial charge in [-0.05, 0) is 30.3 Å². The first kappa shape index (κ1) is 14.9. The number of halogens is 2. The number of aliphatic imine (C=N–C) groups is 1. The van der Waals surface area contributed by atoms with Crippen LogP contribution in [0.3, 0.4) is 0 Å². The van der Waals surface area contributed by atoms with Gasteiger partial charge < -0.3 is 10.6 Å². The summed E-state index contributed by atoms with van der Waals surface area (Å²) >= 11 is 11.9. The van der Waals surface area contributed by atoms with Gasteiger partial charge in [-0.15, -0.1) is 0 Å². The largest absolute Gasteiger partial charge is 0.368 e. The number of hydrogen-bond donors (Lipinski definition) is 2. The number of hydrogen-bond acceptors (Lipinski definition) is 3. The Balaban J connectivity index is 1.80. The molecule has 0 unspecified atom stereocenters. The van der Waals surface area contributed by atoms with Crippen molar-refractivity contribution in [3.8, 4) is 0 Å². The van der Waals surface area contributed by atoms with Crippen molar-refractivity contribution in [3.63, 3.8) is 0 Å². The van der Waals surface area contributed by atoms with E-state index in [0.29, 0.717) is 21.3 Å². The Morgan fingerprint density at radius 3 is 2.77 bits per heavy atom. The molecule has 0 fully saturated rings. The molecule has 0 atom stereocenters. The zero-order valence-corrected chi connectivity index (χ0v) is 13.1. The highest BCUT2D eigenvalue weighted by atomic mass is 35.5. The van der Waals surface area contributed by atoms with Crippen LogP contribution in [-0.2, 0) is 0 Å². The first-order valence-corrected chi connectivity index (χ1v) is 7.54. The van der Waals surface area contributed by atoms with E-state index in [1.165, 1.54) is 0 Å². The number of benzene rings is 2. The van der Waals surface area contributed by atoms with Crippen molar-refractivity contribution in [1.29, 1.82) is 0 Å². The molecule has 0 aromatic heterocycles. The molecule has 0 radical (unpaired) electrons. The highest BCUT2D eigenvalue weighted by molar-refractivity contribution is 6.37. The number of nitrogens with one attached hydrogen (secondary N) is 2. The van der Waals surface area contributed by atoms with Crippen molar-refractivity contribution < 1.29 is 4.79 Å². The molecule has 6 heteroatoms. The molecule has 3 rings (SSSR count). The second kappa shape index (κ2) is 6.38. The first-order chi connectivity index (χ1) is 10.6. The smallest absolute Gasteiger partial charge is 0.257 e. The van der Waals surface area contributed by atoms with E-state index in [1.807, 2.05) is 24.3 Å². The SMILES string of the molecule is O=C(Nc1cccc(C2=NCCN2)c1)c1ccc(Cl)cc1Cl. The molecule has 2 aromatic carbocycles. The van der Waals surface area contributed by atoms with Gasteiger partial charge in [0.05, 0.1) is 17.1 Å². The van der Waals surface area contributed by atoms with E-state index < -0.39 is 0 Å². The standard InChI is InChI=1S/C16H13Cl2N3O/c17-11-4-5-13(14(18)9-11)16(22)21-12-3-1-2-10(8-12)15-19-6-7-20-15/h1-5,8-9H,6-7H2,(H,19,20)(H,21,22). The molecular formula is C16H13Cl2N3O. The van der Waals surface area contributed by atoms with E-state index in [0.717, 1.165) is 24.5 Å². The molecule has 1 heterocycles. The van der Waals surface area contributed by atoms with E-state index in [-0.39, 0.29) is 5.91 Å². The summed E-state index contributed by atoms with van der Waals surface area (Å²) in [5.41, 5.74) is 2.01. The highest BCUT2D eigenvalue weighted by Crippen LogP contribution is 2.22. The van der Waals surface area contributed by atoms with Crippen LogP contribution in [-0.4, -0.2) is 24.8 Å². The zero-order valence-electron chi connectivity index (χ0n) is 11.6. The van der Waals surface area contributed by atoms with Crippen molar-refractivity contribution in [3.05, 3.63) is 63.6 Å². The Hall–Kier alpha value is -2.04. The fourth-order valence-electron chi connectivity index (χ4n) is 2.21. The van der Waals surface area contributed by atoms with Gasteiger partial charge in [-0.2, -0.15) is 0 Å². The molecule has 2 aromatic rings. The van der Waals surface area contributed by atoms with E-state index in [2.05, 4.69) is 15.6 Å². The molecule has 0 saturated carbocycles. The van der Waals surface area contributed by atoms with Crippen LogP contribution in [0.5, 0.6) is 0 Å². The van der Waals surface area contributed by atoms with Gasteiger partial charge in [-0.25, -0.2) is 0 Å². The molecular weight excluding hydrogens is 321 g/mol. The van der Waals surface area contributed by atoms with E-state index in [4.69, 9.17) is 23.2 Å². The topological polar surface area (TPSA) is 53.5 Å². The van der Waals surface area contributed by atoms with Crippen LogP contribution >= 0.6 is 23.2 Å². The third-order valence-electron chi connectivity index (χ3n) is 3.24. The second-order valence-corrected chi connectivity index (χ2v) is 5.66. The molecule has 0 bridgehead atoms. The van der Waals surface area contributed by atoms with Crippen molar-refractivity contribution in [2.24, 2.45) is 4.99 Å². The lowest BCUT2D eigenvalue weighted by Crippen LogP contribution is -2.20. The predicted molar refractivity (Wildman–Crippen MR) is 90.3 cm³/mol. The minimum absolute atomic E-state index is 0.278. The Morgan fingerprint density at radius 2 is 2.05 bits per heavy atom. The van der Waals surface area contributed by atoms with Crippen LogP contribution in [0.2, 0.25) is 10.0 Å². The quantitative estimate of drug-likeness (QED) is 0.901. The molecule has 1 aliphatic rings. The molecule has 0 aliphatic carbocycles. The maximum atomic E-state index is 12.3. The number of carbonyl (C=O) groups excluding carboxylic acids is 1. The average molecular weight is 334 g/mol. The maximum Gasteiger partial charge on any atom is 0.257 e. The molecule has 112 valence electrons. The van der Waals surface area contributed by atoms with E-state index >= 15 is 0 Å². The summed E-state index contributed by atoms with van der Waals surface area (Å²) in [5.74, 6) is 0.570. The molecule has 1 aliphatic heterocycles. The van der Waals surface area contributed by atoms with Crippen molar-refractivity contribution in [1.82, 2.24) is 5.32 Å². The summed E-state index contributed by atoms with van der Waals surface area (Å²) in [6.45, 7) is 1.61. The number of carbonyl (C=O) groups is 1. The number of rotatable bonds is 3. The number of nitrogens with zero attached hydrogens (tertiary/aromatic N) is 1. The third kappa shape index (κ3) is 3.24. The minimum atomic E-state index is -0.278. The summed E-state index contributed by atoms with van der Waals surface area (Å²) < 4.78 is 0. The number of amidine groups is 1. The number of anilines is 1. The van der Waals surface area contributed by atoms with Gasteiger partial charge in [0.25, 0.3) is 5.91 Å². The fourth-order valence-corrected chi connectivity index (χ4v) is 2.70. The van der Waals surface area contributed by atoms with Crippen molar-refractivity contribution in [2.75, 3.05) is 18.4 Å². The van der Waals surface area contributed by atoms with Gasteiger partial charge in [0.1, 0.15) is 5.84 Å². The van der Waals surface area contributed by atoms with E-state index in [9.17, 15) is 4.79 Å². The molecule has 22 heavy (non-hydrogen) atoms.